The summed E-state index contributed by atoms with van der Waals surface area (Å²) in [6.45, 7) is 8.14. The second-order valence-corrected chi connectivity index (χ2v) is 13.4. The number of aliphatic hydroxyl groups excluding tert-OH is 1. The number of likely N-dealkylation sites (tertiary alicyclic amines) is 1. The summed E-state index contributed by atoms with van der Waals surface area (Å²) >= 11 is 0. The molecule has 2 N–H and O–H groups in total. The van der Waals surface area contributed by atoms with Gasteiger partial charge in [-0.2, -0.15) is 0 Å². The number of carbonyl (C=O) groups excluding carboxylic acids is 4. The number of para-hydroxylation sites is 1. The molecule has 0 radical (unpaired) electrons. The van der Waals surface area contributed by atoms with Crippen molar-refractivity contribution in [2.24, 2.45) is 11.8 Å². The Morgan fingerprint density at radius 1 is 1.10 bits per heavy atom. The van der Waals surface area contributed by atoms with Gasteiger partial charge in [-0.15, -0.1) is 18.3 Å². The molecule has 2 bridgehead atoms. The summed E-state index contributed by atoms with van der Waals surface area (Å²) in [5.41, 5.74) is 0.910. The van der Waals surface area contributed by atoms with E-state index in [4.69, 9.17) is 9.47 Å². The maximum atomic E-state index is 14.8. The van der Waals surface area contributed by atoms with Crippen LogP contribution in [0.25, 0.3) is 11.0 Å². The minimum atomic E-state index is -1.23. The number of hydrogen-bond donors (Lipinski definition) is 2. The average molecular weight is 699 g/mol. The third-order valence-electron chi connectivity index (χ3n) is 10.2. The van der Waals surface area contributed by atoms with Crippen LogP contribution in [0.2, 0.25) is 0 Å². The Bertz CT molecular complexity index is 1750. The molecule has 2 aromatic carbocycles. The molecule has 6 atom stereocenters. The Labute approximate surface area is 297 Å². The molecule has 51 heavy (non-hydrogen) atoms. The highest BCUT2D eigenvalue weighted by Crippen LogP contribution is 2.59. The lowest BCUT2D eigenvalue weighted by atomic mass is 9.70. The Morgan fingerprint density at radius 2 is 1.88 bits per heavy atom. The van der Waals surface area contributed by atoms with Crippen molar-refractivity contribution in [2.75, 3.05) is 26.2 Å². The number of aliphatic hydroxyl groups is 1. The van der Waals surface area contributed by atoms with Gasteiger partial charge in [-0.3, -0.25) is 19.2 Å². The molecule has 6 rings (SSSR count). The molecule has 0 unspecified atom stereocenters. The molecule has 3 aromatic rings. The molecule has 0 saturated carbocycles. The second-order valence-electron chi connectivity index (χ2n) is 13.4. The van der Waals surface area contributed by atoms with Crippen LogP contribution >= 0.6 is 0 Å². The molecular weight excluding hydrogens is 652 g/mol. The van der Waals surface area contributed by atoms with Crippen molar-refractivity contribution in [3.05, 3.63) is 85.5 Å². The zero-order chi connectivity index (χ0) is 36.0. The van der Waals surface area contributed by atoms with Gasteiger partial charge >= 0.3 is 5.97 Å². The van der Waals surface area contributed by atoms with Crippen molar-refractivity contribution in [2.45, 2.75) is 75.5 Å². The Kier molecular flexibility index (Phi) is 11.3. The summed E-state index contributed by atoms with van der Waals surface area (Å²) in [5, 5.41) is 20.8. The topological polar surface area (TPSA) is 156 Å². The van der Waals surface area contributed by atoms with Crippen molar-refractivity contribution in [3.8, 4) is 0 Å². The molecular formula is C38H46N6O7. The molecule has 3 fully saturated rings. The number of hydrogen-bond acceptors (Lipinski definition) is 9. The SMILES string of the molecule is C=CCCC(=O)NC[C@@H](OC(=O)[C@@H]1[C@@H]2CC[C@]3(O2)[C@H](C(=O)N(CC=C)Cn2nnc4ccccc42)N(CCCCCO)C(=O)[C@@H]13)c1ccccc1. The van der Waals surface area contributed by atoms with Crippen LogP contribution in [-0.2, 0) is 35.3 Å². The monoisotopic (exact) mass is 698 g/mol. The highest BCUT2D eigenvalue weighted by Gasteiger charge is 2.75. The number of nitrogens with one attached hydrogen (secondary N) is 1. The Hall–Kier alpha value is -4.88. The van der Waals surface area contributed by atoms with Crippen molar-refractivity contribution >= 4 is 34.7 Å². The number of benzene rings is 2. The fraction of sp³-hybridized carbons (Fsp3) is 0.474. The molecule has 3 aliphatic heterocycles. The average Bonchev–Trinajstić information content (AvgIpc) is 3.90. The summed E-state index contributed by atoms with van der Waals surface area (Å²) in [4.78, 5) is 59.1. The van der Waals surface area contributed by atoms with E-state index in [1.54, 1.807) is 26.6 Å². The molecule has 3 amide bonds. The van der Waals surface area contributed by atoms with Gasteiger partial charge in [-0.25, -0.2) is 4.68 Å². The first-order valence-corrected chi connectivity index (χ1v) is 17.7. The lowest BCUT2D eigenvalue weighted by Crippen LogP contribution is -2.56. The summed E-state index contributed by atoms with van der Waals surface area (Å²) in [7, 11) is 0. The van der Waals surface area contributed by atoms with Crippen molar-refractivity contribution in [3.63, 3.8) is 0 Å². The number of aromatic nitrogens is 3. The van der Waals surface area contributed by atoms with Gasteiger partial charge in [-0.1, -0.05) is 59.8 Å². The normalized spacial score (nSPS) is 23.9. The van der Waals surface area contributed by atoms with E-state index >= 15 is 0 Å². The van der Waals surface area contributed by atoms with Gasteiger partial charge in [0.05, 0.1) is 30.0 Å². The van der Waals surface area contributed by atoms with Crippen LogP contribution in [0, 0.1) is 11.8 Å². The predicted molar refractivity (Wildman–Crippen MR) is 187 cm³/mol. The van der Waals surface area contributed by atoms with Crippen LogP contribution < -0.4 is 5.32 Å². The Balaban J connectivity index is 1.28. The largest absolute Gasteiger partial charge is 0.455 e. The summed E-state index contributed by atoms with van der Waals surface area (Å²) in [6.07, 6.45) is 5.36. The van der Waals surface area contributed by atoms with Gasteiger partial charge in [0.25, 0.3) is 0 Å². The summed E-state index contributed by atoms with van der Waals surface area (Å²) in [5.74, 6) is -3.29. The van der Waals surface area contributed by atoms with E-state index in [-0.39, 0.29) is 57.1 Å². The molecule has 13 nitrogen and oxygen atoms in total. The third-order valence-corrected chi connectivity index (χ3v) is 10.2. The maximum Gasteiger partial charge on any atom is 0.313 e. The third kappa shape index (κ3) is 7.18. The minimum absolute atomic E-state index is 0.0256. The molecule has 1 aromatic heterocycles. The molecule has 270 valence electrons. The number of unbranched alkanes of at least 4 members (excludes halogenated alkanes) is 2. The quantitative estimate of drug-likeness (QED) is 0.116. The first kappa shape index (κ1) is 35.9. The molecule has 1 spiro atoms. The van der Waals surface area contributed by atoms with Gasteiger partial charge in [0.1, 0.15) is 29.9 Å². The van der Waals surface area contributed by atoms with Gasteiger partial charge in [0.15, 0.2) is 0 Å². The van der Waals surface area contributed by atoms with Gasteiger partial charge in [0, 0.05) is 26.1 Å². The summed E-state index contributed by atoms with van der Waals surface area (Å²) in [6, 6.07) is 15.6. The fourth-order valence-electron chi connectivity index (χ4n) is 7.88. The van der Waals surface area contributed by atoms with Crippen LogP contribution in [0.15, 0.2) is 79.9 Å². The van der Waals surface area contributed by atoms with Crippen molar-refractivity contribution in [1.82, 2.24) is 30.1 Å². The van der Waals surface area contributed by atoms with Gasteiger partial charge < -0.3 is 29.7 Å². The fourth-order valence-corrected chi connectivity index (χ4v) is 7.88. The molecule has 0 aliphatic carbocycles. The number of amides is 3. The standard InChI is InChI=1S/C38H46N6O7/c1-3-5-18-31(46)39-24-30(26-14-8-6-9-15-26)50-37(49)32-29-19-20-38(51-29)33(32)35(47)43(22-12-7-13-23-45)34(38)36(48)42(21-4-2)25-44-28-17-11-10-16-27(28)40-41-44/h3-4,6,8-11,14-17,29-30,32-34,45H,1-2,5,7,12-13,18-25H2,(H,39,46)/t29-,30+,32+,33+,34-,38+/m0/s1. The lowest BCUT2D eigenvalue weighted by Gasteiger charge is -2.36. The zero-order valence-corrected chi connectivity index (χ0v) is 28.8. The van der Waals surface area contributed by atoms with Gasteiger partial charge in [0.2, 0.25) is 17.7 Å². The van der Waals surface area contributed by atoms with Crippen LogP contribution in [-0.4, -0.2) is 97.6 Å². The van der Waals surface area contributed by atoms with E-state index in [0.717, 1.165) is 5.52 Å². The highest BCUT2D eigenvalue weighted by atomic mass is 16.6. The predicted octanol–water partition coefficient (Wildman–Crippen LogP) is 3.31. The second kappa shape index (κ2) is 16.0. The number of allylic oxidation sites excluding steroid dienone is 1. The van der Waals surface area contributed by atoms with E-state index in [1.165, 1.54) is 0 Å². The minimum Gasteiger partial charge on any atom is -0.455 e. The Morgan fingerprint density at radius 3 is 2.65 bits per heavy atom. The number of esters is 1. The van der Waals surface area contributed by atoms with Crippen molar-refractivity contribution in [1.29, 1.82) is 0 Å². The molecule has 3 aliphatic rings. The highest BCUT2D eigenvalue weighted by molar-refractivity contribution is 5.98. The maximum absolute atomic E-state index is 14.8. The number of rotatable bonds is 18. The first-order valence-electron chi connectivity index (χ1n) is 17.7. The molecule has 13 heteroatoms. The summed E-state index contributed by atoms with van der Waals surface area (Å²) < 4.78 is 14.4. The lowest BCUT2D eigenvalue weighted by molar-refractivity contribution is -0.160. The van der Waals surface area contributed by atoms with E-state index in [9.17, 15) is 24.3 Å². The number of ether oxygens (including phenoxy) is 2. The molecule has 4 heterocycles. The van der Waals surface area contributed by atoms with E-state index in [2.05, 4.69) is 28.8 Å². The van der Waals surface area contributed by atoms with Crippen LogP contribution in [0.5, 0.6) is 0 Å². The molecule has 3 saturated heterocycles. The van der Waals surface area contributed by atoms with Gasteiger partial charge in [-0.05, 0) is 56.2 Å². The van der Waals surface area contributed by atoms with Crippen LogP contribution in [0.3, 0.4) is 0 Å². The van der Waals surface area contributed by atoms with E-state index in [0.29, 0.717) is 49.6 Å². The zero-order valence-electron chi connectivity index (χ0n) is 28.8. The van der Waals surface area contributed by atoms with Crippen molar-refractivity contribution < 1.29 is 33.8 Å². The number of nitrogens with zero attached hydrogens (tertiary/aromatic N) is 5. The van der Waals surface area contributed by atoms with Crippen LogP contribution in [0.4, 0.5) is 0 Å². The number of fused-ring (bicyclic) bond motifs is 2. The van der Waals surface area contributed by atoms with Crippen LogP contribution in [0.1, 0.15) is 56.6 Å². The van der Waals surface area contributed by atoms with E-state index in [1.807, 2.05) is 54.6 Å². The van der Waals surface area contributed by atoms with E-state index < -0.39 is 41.7 Å². The number of carbonyl (C=O) groups is 4. The smallest absolute Gasteiger partial charge is 0.313 e. The first-order chi connectivity index (χ1) is 24.8.